The molecule has 5 aliphatic rings. The first-order valence-corrected chi connectivity index (χ1v) is 19.9. The number of carbonyl (C=O) groups excluding carboxylic acids is 5. The molecule has 1 unspecified atom stereocenters. The summed E-state index contributed by atoms with van der Waals surface area (Å²) in [6.45, 7) is 18.5. The topological polar surface area (TPSA) is 157 Å². The molecule has 5 amide bonds. The van der Waals surface area contributed by atoms with Gasteiger partial charge in [0.15, 0.2) is 0 Å². The standard InChI is InChI=1S/C44H44ClN7O6/c1-42(2)40(43(3,4)41(42)58-29-10-11-33(47-5)32(45)20-29)49-36(54)25-6-8-28(9-7-25)51-16-14-44(23-46,15-17-51)24-50-21-26-18-30-31(19-27(26)22-50)39(57)52(38(30)56)34-12-13-35(53)48-37(34)55/h6-11,18-20,34,40-41H,12-17,21-22,24H2,1-4H3,(H,49,54)(H,48,53,55). The maximum absolute atomic E-state index is 13.5. The number of piperidine rings is 2. The normalized spacial score (nSPS) is 24.2. The number of carbonyl (C=O) groups is 5. The number of amides is 5. The smallest absolute Gasteiger partial charge is 0.262 e. The minimum atomic E-state index is -1.01. The predicted octanol–water partition coefficient (Wildman–Crippen LogP) is 6.03. The lowest BCUT2D eigenvalue weighted by molar-refractivity contribution is -0.164. The highest BCUT2D eigenvalue weighted by molar-refractivity contribution is 6.33. The molecule has 8 rings (SSSR count). The largest absolute Gasteiger partial charge is 0.489 e. The van der Waals surface area contributed by atoms with Crippen molar-refractivity contribution >= 4 is 52.5 Å². The fourth-order valence-electron chi connectivity index (χ4n) is 10.1. The first kappa shape index (κ1) is 39.1. The number of imide groups is 2. The van der Waals surface area contributed by atoms with Gasteiger partial charge in [-0.2, -0.15) is 5.26 Å². The van der Waals surface area contributed by atoms with Gasteiger partial charge >= 0.3 is 0 Å². The Hall–Kier alpha value is -5.76. The molecule has 4 aliphatic heterocycles. The SMILES string of the molecule is [C-]#[N+]c1ccc(OC2C(C)(C)C(NC(=O)c3ccc(N4CCC(C#N)(CN5Cc6cc7c(cc6C5)C(=O)N(C5CCC(=O)NC5=O)C7=O)CC4)cc3)C2(C)C)cc1Cl. The van der Waals surface area contributed by atoms with Crippen LogP contribution >= 0.6 is 11.6 Å². The number of nitrogens with one attached hydrogen (secondary N) is 2. The summed E-state index contributed by atoms with van der Waals surface area (Å²) in [7, 11) is 0. The lowest BCUT2D eigenvalue weighted by Crippen LogP contribution is -2.74. The highest BCUT2D eigenvalue weighted by Crippen LogP contribution is 2.56. The Morgan fingerprint density at radius 1 is 0.966 bits per heavy atom. The summed E-state index contributed by atoms with van der Waals surface area (Å²) < 4.78 is 6.38. The number of rotatable bonds is 8. The molecule has 0 aromatic heterocycles. The summed E-state index contributed by atoms with van der Waals surface area (Å²) in [5.41, 5.74) is 2.93. The van der Waals surface area contributed by atoms with Gasteiger partial charge in [0.05, 0.1) is 34.2 Å². The number of anilines is 1. The number of nitriles is 1. The quantitative estimate of drug-likeness (QED) is 0.205. The fraction of sp³-hybridized carbons (Fsp3) is 0.432. The Kier molecular flexibility index (Phi) is 9.61. The van der Waals surface area contributed by atoms with E-state index in [-0.39, 0.29) is 52.9 Å². The molecule has 2 saturated heterocycles. The van der Waals surface area contributed by atoms with Crippen LogP contribution in [0.4, 0.5) is 11.4 Å². The number of halogens is 1. The first-order chi connectivity index (χ1) is 27.5. The van der Waals surface area contributed by atoms with E-state index in [9.17, 15) is 29.2 Å². The van der Waals surface area contributed by atoms with Crippen molar-refractivity contribution in [2.24, 2.45) is 16.2 Å². The van der Waals surface area contributed by atoms with E-state index in [1.54, 1.807) is 30.3 Å². The summed E-state index contributed by atoms with van der Waals surface area (Å²) in [6, 6.07) is 17.6. The van der Waals surface area contributed by atoms with Gasteiger partial charge in [-0.15, -0.1) is 0 Å². The lowest BCUT2D eigenvalue weighted by Gasteiger charge is -2.63. The summed E-state index contributed by atoms with van der Waals surface area (Å²) in [5, 5.41) is 16.3. The maximum Gasteiger partial charge on any atom is 0.262 e. The molecule has 3 aromatic carbocycles. The monoisotopic (exact) mass is 801 g/mol. The molecule has 2 N–H and O–H groups in total. The zero-order valence-electron chi connectivity index (χ0n) is 32.9. The average molecular weight is 802 g/mol. The molecule has 4 heterocycles. The van der Waals surface area contributed by atoms with E-state index >= 15 is 0 Å². The second kappa shape index (κ2) is 14.3. The summed E-state index contributed by atoms with van der Waals surface area (Å²) in [5.74, 6) is -1.68. The third-order valence-electron chi connectivity index (χ3n) is 12.9. The Labute approximate surface area is 342 Å². The highest BCUT2D eigenvalue weighted by atomic mass is 35.5. The minimum absolute atomic E-state index is 0.0658. The van der Waals surface area contributed by atoms with Crippen LogP contribution in [0.3, 0.4) is 0 Å². The zero-order chi connectivity index (χ0) is 41.3. The molecule has 298 valence electrons. The van der Waals surface area contributed by atoms with Crippen molar-refractivity contribution in [3.63, 3.8) is 0 Å². The molecule has 58 heavy (non-hydrogen) atoms. The van der Waals surface area contributed by atoms with E-state index in [1.165, 1.54) is 0 Å². The molecule has 0 radical (unpaired) electrons. The minimum Gasteiger partial charge on any atom is -0.489 e. The van der Waals surface area contributed by atoms with E-state index in [0.29, 0.717) is 67.6 Å². The third-order valence-corrected chi connectivity index (χ3v) is 13.2. The van der Waals surface area contributed by atoms with Crippen molar-refractivity contribution < 1.29 is 28.7 Å². The van der Waals surface area contributed by atoms with Gasteiger partial charge in [0, 0.05) is 67.3 Å². The molecule has 13 nitrogen and oxygen atoms in total. The summed E-state index contributed by atoms with van der Waals surface area (Å²) in [6.07, 6.45) is 1.27. The number of ether oxygens (including phenoxy) is 1. The van der Waals surface area contributed by atoms with E-state index in [2.05, 4.69) is 59.0 Å². The van der Waals surface area contributed by atoms with Gasteiger partial charge in [-0.3, -0.25) is 39.1 Å². The maximum atomic E-state index is 13.5. The molecular weight excluding hydrogens is 758 g/mol. The molecule has 1 atom stereocenters. The first-order valence-electron chi connectivity index (χ1n) is 19.6. The van der Waals surface area contributed by atoms with Crippen LogP contribution in [-0.2, 0) is 22.7 Å². The van der Waals surface area contributed by atoms with Gasteiger partial charge in [-0.05, 0) is 78.9 Å². The van der Waals surface area contributed by atoms with E-state index < -0.39 is 35.1 Å². The molecule has 1 saturated carbocycles. The zero-order valence-corrected chi connectivity index (χ0v) is 33.6. The van der Waals surface area contributed by atoms with Crippen LogP contribution in [0.15, 0.2) is 54.6 Å². The van der Waals surface area contributed by atoms with Crippen LogP contribution in [0.25, 0.3) is 4.85 Å². The van der Waals surface area contributed by atoms with Gasteiger partial charge < -0.3 is 15.0 Å². The van der Waals surface area contributed by atoms with Crippen LogP contribution in [0.1, 0.15) is 95.6 Å². The number of hydrogen-bond acceptors (Lipinski definition) is 9. The average Bonchev–Trinajstić information content (AvgIpc) is 3.70. The second-order valence-corrected chi connectivity index (χ2v) is 17.9. The summed E-state index contributed by atoms with van der Waals surface area (Å²) >= 11 is 6.25. The van der Waals surface area contributed by atoms with Crippen LogP contribution in [-0.4, -0.2) is 77.2 Å². The molecule has 0 bridgehead atoms. The number of hydrogen-bond donors (Lipinski definition) is 2. The fourth-order valence-corrected chi connectivity index (χ4v) is 10.3. The molecule has 14 heteroatoms. The van der Waals surface area contributed by atoms with Gasteiger partial charge in [0.1, 0.15) is 17.9 Å². The lowest BCUT2D eigenvalue weighted by atomic mass is 9.49. The Balaban J connectivity index is 0.854. The highest BCUT2D eigenvalue weighted by Gasteiger charge is 2.64. The van der Waals surface area contributed by atoms with E-state index in [0.717, 1.165) is 21.7 Å². The molecular formula is C44H44ClN7O6. The van der Waals surface area contributed by atoms with Crippen molar-refractivity contribution in [1.29, 1.82) is 5.26 Å². The van der Waals surface area contributed by atoms with Gasteiger partial charge in [0.25, 0.3) is 17.7 Å². The number of benzene rings is 3. The van der Waals surface area contributed by atoms with E-state index in [1.807, 2.05) is 24.3 Å². The molecule has 1 aliphatic carbocycles. The third kappa shape index (κ3) is 6.56. The van der Waals surface area contributed by atoms with Gasteiger partial charge in [-0.1, -0.05) is 45.4 Å². The Morgan fingerprint density at radius 3 is 2.14 bits per heavy atom. The summed E-state index contributed by atoms with van der Waals surface area (Å²) in [4.78, 5) is 73.2. The molecule has 3 fully saturated rings. The van der Waals surface area contributed by atoms with Gasteiger partial charge in [0.2, 0.25) is 17.5 Å². The van der Waals surface area contributed by atoms with Crippen molar-refractivity contribution in [2.45, 2.75) is 84.7 Å². The van der Waals surface area contributed by atoms with Crippen molar-refractivity contribution in [2.75, 3.05) is 24.5 Å². The number of nitrogens with zero attached hydrogens (tertiary/aromatic N) is 5. The van der Waals surface area contributed by atoms with Crippen LogP contribution in [0.2, 0.25) is 5.02 Å². The van der Waals surface area contributed by atoms with Crippen molar-refractivity contribution in [3.8, 4) is 11.8 Å². The van der Waals surface area contributed by atoms with Gasteiger partial charge in [-0.25, -0.2) is 4.85 Å². The van der Waals surface area contributed by atoms with Crippen molar-refractivity contribution in [1.82, 2.24) is 20.4 Å². The van der Waals surface area contributed by atoms with Crippen LogP contribution < -0.4 is 20.3 Å². The van der Waals surface area contributed by atoms with Crippen molar-refractivity contribution in [3.05, 3.63) is 98.9 Å². The predicted molar refractivity (Wildman–Crippen MR) is 214 cm³/mol. The molecule has 0 spiro atoms. The Bertz CT molecular complexity index is 2290. The Morgan fingerprint density at radius 2 is 1.59 bits per heavy atom. The van der Waals surface area contributed by atoms with E-state index in [4.69, 9.17) is 22.9 Å². The number of fused-ring (bicyclic) bond motifs is 2. The second-order valence-electron chi connectivity index (χ2n) is 17.5. The van der Waals surface area contributed by atoms with Crippen LogP contribution in [0.5, 0.6) is 5.75 Å². The molecule has 3 aromatic rings. The van der Waals surface area contributed by atoms with Crippen LogP contribution in [0, 0.1) is 34.1 Å².